The van der Waals surface area contributed by atoms with Crippen molar-refractivity contribution >= 4 is 75.4 Å². The van der Waals surface area contributed by atoms with E-state index in [4.69, 9.17) is 0 Å². The molecule has 0 spiro atoms. The van der Waals surface area contributed by atoms with Gasteiger partial charge in [0.2, 0.25) is 0 Å². The number of aryl methyl sites for hydroxylation is 7. The van der Waals surface area contributed by atoms with E-state index in [1.54, 1.807) is 0 Å². The molecular weight excluding hydrogens is 1290 g/mol. The van der Waals surface area contributed by atoms with Gasteiger partial charge in [-0.05, 0) is 231 Å². The van der Waals surface area contributed by atoms with E-state index in [1.807, 2.05) is 0 Å². The Morgan fingerprint density at radius 3 is 0.991 bits per heavy atom. The highest BCUT2D eigenvalue weighted by Crippen LogP contribution is 2.34. The molecular formula is C107H90. The van der Waals surface area contributed by atoms with Crippen LogP contribution >= 0.6 is 0 Å². The van der Waals surface area contributed by atoms with Crippen LogP contribution in [0.1, 0.15) is 38.9 Å². The van der Waals surface area contributed by atoms with E-state index in [9.17, 15) is 0 Å². The average molecular weight is 1380 g/mol. The Hall–Kier alpha value is -13.0. The Morgan fingerprint density at radius 2 is 0.439 bits per heavy atom. The molecule has 0 bridgehead atoms. The summed E-state index contributed by atoms with van der Waals surface area (Å²) in [6.45, 7) is 15.1. The molecule has 19 aromatic rings. The summed E-state index contributed by atoms with van der Waals surface area (Å²) in [6.07, 6.45) is 0. The molecule has 0 aliphatic carbocycles. The van der Waals surface area contributed by atoms with Crippen molar-refractivity contribution in [2.45, 2.75) is 48.5 Å². The quantitative estimate of drug-likeness (QED) is 0.161. The molecule has 0 heterocycles. The number of hydrogen-bond donors (Lipinski definition) is 0. The molecule has 0 nitrogen and oxygen atoms in total. The van der Waals surface area contributed by atoms with Gasteiger partial charge in [-0.15, -0.1) is 0 Å². The van der Waals surface area contributed by atoms with Gasteiger partial charge in [-0.25, -0.2) is 0 Å². The molecule has 0 aromatic heterocycles. The molecule has 0 saturated heterocycles. The fraction of sp³-hybridized carbons (Fsp3) is 0.0654. The van der Waals surface area contributed by atoms with Gasteiger partial charge < -0.3 is 0 Å². The highest BCUT2D eigenvalue weighted by Gasteiger charge is 2.09. The molecule has 0 atom stereocenters. The molecule has 107 heavy (non-hydrogen) atoms. The fourth-order valence-corrected chi connectivity index (χ4v) is 14.1. The Balaban J connectivity index is 0.000000111. The molecule has 0 heteroatoms. The maximum absolute atomic E-state index is 2.28. The van der Waals surface area contributed by atoms with Crippen molar-refractivity contribution in [2.24, 2.45) is 0 Å². The third-order valence-electron chi connectivity index (χ3n) is 20.0. The molecule has 0 N–H and O–H groups in total. The third-order valence-corrected chi connectivity index (χ3v) is 20.0. The first kappa shape index (κ1) is 72.4. The van der Waals surface area contributed by atoms with Gasteiger partial charge in [0.15, 0.2) is 0 Å². The maximum Gasteiger partial charge on any atom is -0.0103 e. The van der Waals surface area contributed by atoms with Crippen LogP contribution in [0.5, 0.6) is 0 Å². The van der Waals surface area contributed by atoms with Crippen molar-refractivity contribution in [1.82, 2.24) is 0 Å². The summed E-state index contributed by atoms with van der Waals surface area (Å²) in [7, 11) is 0. The summed E-state index contributed by atoms with van der Waals surface area (Å²) < 4.78 is 0. The minimum atomic E-state index is 1.27. The topological polar surface area (TPSA) is 0 Å². The Labute approximate surface area is 632 Å². The van der Waals surface area contributed by atoms with Gasteiger partial charge in [-0.1, -0.05) is 406 Å². The van der Waals surface area contributed by atoms with Gasteiger partial charge >= 0.3 is 0 Å². The minimum Gasteiger partial charge on any atom is -0.0622 e. The monoisotopic (exact) mass is 1370 g/mol. The number of fused-ring (bicyclic) bond motifs is 7. The fourth-order valence-electron chi connectivity index (χ4n) is 14.1. The van der Waals surface area contributed by atoms with E-state index in [0.717, 1.165) is 0 Å². The second kappa shape index (κ2) is 35.5. The lowest BCUT2D eigenvalue weighted by atomic mass is 9.96. The van der Waals surface area contributed by atoms with E-state index >= 15 is 0 Å². The van der Waals surface area contributed by atoms with E-state index in [2.05, 4.69) is 467 Å². The zero-order chi connectivity index (χ0) is 73.7. The number of rotatable bonds is 5. The van der Waals surface area contributed by atoms with Crippen molar-refractivity contribution in [1.29, 1.82) is 0 Å². The van der Waals surface area contributed by atoms with Crippen LogP contribution in [-0.4, -0.2) is 0 Å². The normalized spacial score (nSPS) is 10.6. The van der Waals surface area contributed by atoms with Crippen LogP contribution in [0.3, 0.4) is 0 Å². The van der Waals surface area contributed by atoms with Crippen LogP contribution in [0, 0.1) is 48.5 Å². The Bertz CT molecular complexity index is 6000. The highest BCUT2D eigenvalue weighted by atomic mass is 14.1. The Morgan fingerprint density at radius 1 is 0.121 bits per heavy atom. The van der Waals surface area contributed by atoms with E-state index < -0.39 is 0 Å². The average Bonchev–Trinajstić information content (AvgIpc) is 0.829. The summed E-state index contributed by atoms with van der Waals surface area (Å²) in [5, 5.41) is 18.6. The van der Waals surface area contributed by atoms with Gasteiger partial charge in [0.05, 0.1) is 0 Å². The van der Waals surface area contributed by atoms with Crippen molar-refractivity contribution < 1.29 is 0 Å². The number of hydrogen-bond acceptors (Lipinski definition) is 0. The second-order valence-electron chi connectivity index (χ2n) is 27.5. The van der Waals surface area contributed by atoms with Crippen LogP contribution in [-0.2, 0) is 0 Å². The SMILES string of the molecule is Cc1cc(-c2ccccc2)cc2ccccc12.Cc1ccc(-c2ccccc2)c2ccccc12.Cc1ccc2ccccc2c1.Cc1cccc2c(-c3ccccc3)cccc12.Cc1cccc2cc(-c3ccccc3)ccc12.Cc1cccc2ccc(-c3ccccc3)cc12.Cc1cccc2ccccc12. The first-order valence-corrected chi connectivity index (χ1v) is 37.1. The summed E-state index contributed by atoms with van der Waals surface area (Å²) in [5.74, 6) is 0. The maximum atomic E-state index is 2.28. The van der Waals surface area contributed by atoms with Gasteiger partial charge in [0.25, 0.3) is 0 Å². The molecule has 518 valence electrons. The lowest BCUT2D eigenvalue weighted by molar-refractivity contribution is 1.51. The predicted octanol–water partition coefficient (Wildman–Crippen LogP) is 30.4. The van der Waals surface area contributed by atoms with Crippen LogP contribution in [0.15, 0.2) is 419 Å². The Kier molecular flexibility index (Phi) is 24.0. The molecule has 0 fully saturated rings. The third kappa shape index (κ3) is 18.3. The standard InChI is InChI=1S/5C17H14.2C11H10/c1-13-7-5-12-17-15(13)10-6-11-16(17)14-8-3-2-4-9-14;1-13-6-5-9-16-12-15(10-11-17(13)16)14-7-3-2-4-8-14;1-13-6-5-9-15-10-11-16(12-17(13)15)14-7-3-2-4-8-14;1-13-11-16(14-7-3-2-4-8-14)12-15-9-5-6-10-17(13)15;1-13-11-12-16(14-7-3-2-4-8-14)17-10-6-5-9-15(13)17;1-9-5-4-7-10-6-2-3-8-11(9)10;1-9-6-7-10-4-2-3-5-11(10)8-9/h5*2-12H,1H3;2*2-8H,1H3. The smallest absolute Gasteiger partial charge is 0.0103 e. The molecule has 19 aromatic carbocycles. The van der Waals surface area contributed by atoms with Crippen LogP contribution in [0.4, 0.5) is 0 Å². The van der Waals surface area contributed by atoms with Gasteiger partial charge in [-0.2, -0.15) is 0 Å². The van der Waals surface area contributed by atoms with Crippen molar-refractivity contribution in [3.63, 3.8) is 0 Å². The molecule has 0 radical (unpaired) electrons. The molecule has 0 saturated carbocycles. The van der Waals surface area contributed by atoms with E-state index in [-0.39, 0.29) is 0 Å². The largest absolute Gasteiger partial charge is 0.0622 e. The lowest BCUT2D eigenvalue weighted by Crippen LogP contribution is -1.83. The summed E-state index contributed by atoms with van der Waals surface area (Å²) >= 11 is 0. The van der Waals surface area contributed by atoms with Crippen molar-refractivity contribution in [3.8, 4) is 55.6 Å². The number of benzene rings is 19. The van der Waals surface area contributed by atoms with Crippen LogP contribution in [0.25, 0.3) is 131 Å². The molecule has 0 amide bonds. The van der Waals surface area contributed by atoms with E-state index in [0.29, 0.717) is 0 Å². The molecule has 0 aliphatic heterocycles. The zero-order valence-corrected chi connectivity index (χ0v) is 62.3. The first-order valence-electron chi connectivity index (χ1n) is 37.1. The zero-order valence-electron chi connectivity index (χ0n) is 62.3. The second-order valence-corrected chi connectivity index (χ2v) is 27.5. The molecule has 19 rings (SSSR count). The summed E-state index contributed by atoms with van der Waals surface area (Å²) in [6, 6.07) is 148. The van der Waals surface area contributed by atoms with Gasteiger partial charge in [0.1, 0.15) is 0 Å². The lowest BCUT2D eigenvalue weighted by Gasteiger charge is -2.09. The highest BCUT2D eigenvalue weighted by molar-refractivity contribution is 6.00. The van der Waals surface area contributed by atoms with Crippen molar-refractivity contribution in [3.05, 3.63) is 458 Å². The molecule has 0 aliphatic rings. The van der Waals surface area contributed by atoms with Gasteiger partial charge in [-0.3, -0.25) is 0 Å². The first-order chi connectivity index (χ1) is 52.5. The van der Waals surface area contributed by atoms with Gasteiger partial charge in [0, 0.05) is 0 Å². The summed E-state index contributed by atoms with van der Waals surface area (Å²) in [4.78, 5) is 0. The van der Waals surface area contributed by atoms with Crippen molar-refractivity contribution in [2.75, 3.05) is 0 Å². The van der Waals surface area contributed by atoms with Crippen LogP contribution < -0.4 is 0 Å². The predicted molar refractivity (Wildman–Crippen MR) is 468 cm³/mol. The molecule has 0 unspecified atom stereocenters. The van der Waals surface area contributed by atoms with Crippen LogP contribution in [0.2, 0.25) is 0 Å². The van der Waals surface area contributed by atoms with E-state index in [1.165, 1.54) is 170 Å². The summed E-state index contributed by atoms with van der Waals surface area (Å²) in [5.41, 5.74) is 22.2. The minimum absolute atomic E-state index is 1.27.